The van der Waals surface area contributed by atoms with Crippen molar-refractivity contribution in [2.75, 3.05) is 18.5 Å². The van der Waals surface area contributed by atoms with Gasteiger partial charge in [0.25, 0.3) is 0 Å². The first-order valence-corrected chi connectivity index (χ1v) is 6.18. The third-order valence-electron chi connectivity index (χ3n) is 2.16. The van der Waals surface area contributed by atoms with E-state index in [-0.39, 0.29) is 0 Å². The fourth-order valence-corrected chi connectivity index (χ4v) is 1.77. The molecule has 0 fully saturated rings. The summed E-state index contributed by atoms with van der Waals surface area (Å²) in [5.41, 5.74) is 0. The predicted octanol–water partition coefficient (Wildman–Crippen LogP) is 3.34. The second kappa shape index (κ2) is 6.25. The molecule has 1 heterocycles. The molecular formula is C13H13BrN2O. The summed E-state index contributed by atoms with van der Waals surface area (Å²) in [7, 11) is 0. The van der Waals surface area contributed by atoms with Gasteiger partial charge in [0, 0.05) is 6.20 Å². The summed E-state index contributed by atoms with van der Waals surface area (Å²) in [6, 6.07) is 13.6. The van der Waals surface area contributed by atoms with Crippen molar-refractivity contribution in [2.24, 2.45) is 0 Å². The molecule has 3 nitrogen and oxygen atoms in total. The van der Waals surface area contributed by atoms with Crippen molar-refractivity contribution in [3.05, 3.63) is 53.1 Å². The minimum absolute atomic E-state index is 0.604. The van der Waals surface area contributed by atoms with Gasteiger partial charge in [-0.2, -0.15) is 0 Å². The molecule has 0 bridgehead atoms. The van der Waals surface area contributed by atoms with Crippen molar-refractivity contribution >= 4 is 21.7 Å². The zero-order valence-corrected chi connectivity index (χ0v) is 10.9. The van der Waals surface area contributed by atoms with Gasteiger partial charge in [0.1, 0.15) is 18.2 Å². The fraction of sp³-hybridized carbons (Fsp3) is 0.154. The number of rotatable bonds is 5. The van der Waals surface area contributed by atoms with Gasteiger partial charge in [0.2, 0.25) is 0 Å². The molecule has 0 aliphatic heterocycles. The fourth-order valence-electron chi connectivity index (χ4n) is 1.37. The summed E-state index contributed by atoms with van der Waals surface area (Å²) in [5.74, 6) is 1.72. The van der Waals surface area contributed by atoms with Gasteiger partial charge in [-0.3, -0.25) is 0 Å². The average Bonchev–Trinajstić information content (AvgIpc) is 2.38. The van der Waals surface area contributed by atoms with Crippen molar-refractivity contribution in [3.8, 4) is 5.75 Å². The number of nitrogens with zero attached hydrogens (tertiary/aromatic N) is 1. The highest BCUT2D eigenvalue weighted by atomic mass is 79.9. The first-order chi connectivity index (χ1) is 8.36. The number of nitrogens with one attached hydrogen (secondary N) is 1. The Bertz CT molecular complexity index is 462. The molecule has 0 aliphatic carbocycles. The maximum Gasteiger partial charge on any atom is 0.140 e. The van der Waals surface area contributed by atoms with Crippen molar-refractivity contribution in [1.82, 2.24) is 4.98 Å². The molecule has 0 saturated heterocycles. The van der Waals surface area contributed by atoms with E-state index in [1.807, 2.05) is 42.5 Å². The van der Waals surface area contributed by atoms with Gasteiger partial charge in [-0.1, -0.05) is 18.2 Å². The van der Waals surface area contributed by atoms with E-state index in [0.717, 1.165) is 16.0 Å². The highest BCUT2D eigenvalue weighted by Crippen LogP contribution is 2.17. The molecule has 2 aromatic rings. The van der Waals surface area contributed by atoms with Crippen LogP contribution in [-0.4, -0.2) is 18.1 Å². The number of para-hydroxylation sites is 1. The van der Waals surface area contributed by atoms with Crippen molar-refractivity contribution in [1.29, 1.82) is 0 Å². The van der Waals surface area contributed by atoms with E-state index in [1.54, 1.807) is 6.20 Å². The summed E-state index contributed by atoms with van der Waals surface area (Å²) < 4.78 is 6.52. The van der Waals surface area contributed by atoms with Crippen LogP contribution in [0.15, 0.2) is 53.1 Å². The Morgan fingerprint density at radius 1 is 1.12 bits per heavy atom. The monoisotopic (exact) mass is 292 g/mol. The number of anilines is 1. The van der Waals surface area contributed by atoms with Gasteiger partial charge in [0.05, 0.1) is 11.0 Å². The molecule has 0 saturated carbocycles. The number of halogens is 1. The Hall–Kier alpha value is -1.55. The third kappa shape index (κ3) is 3.75. The Kier molecular flexibility index (Phi) is 4.38. The van der Waals surface area contributed by atoms with Crippen LogP contribution in [0.3, 0.4) is 0 Å². The summed E-state index contributed by atoms with van der Waals surface area (Å²) in [4.78, 5) is 4.21. The Morgan fingerprint density at radius 2 is 1.94 bits per heavy atom. The van der Waals surface area contributed by atoms with Gasteiger partial charge in [-0.05, 0) is 40.2 Å². The van der Waals surface area contributed by atoms with E-state index in [9.17, 15) is 0 Å². The maximum atomic E-state index is 5.56. The largest absolute Gasteiger partial charge is 0.492 e. The number of benzene rings is 1. The first-order valence-electron chi connectivity index (χ1n) is 5.38. The highest BCUT2D eigenvalue weighted by Gasteiger charge is 1.98. The van der Waals surface area contributed by atoms with E-state index in [2.05, 4.69) is 26.2 Å². The Labute approximate surface area is 109 Å². The van der Waals surface area contributed by atoms with Crippen LogP contribution in [0, 0.1) is 0 Å². The van der Waals surface area contributed by atoms with Crippen molar-refractivity contribution in [3.63, 3.8) is 0 Å². The van der Waals surface area contributed by atoms with Crippen LogP contribution in [0.5, 0.6) is 5.75 Å². The van der Waals surface area contributed by atoms with Gasteiger partial charge < -0.3 is 10.1 Å². The van der Waals surface area contributed by atoms with Crippen LogP contribution in [-0.2, 0) is 0 Å². The van der Waals surface area contributed by atoms with Crippen LogP contribution in [0.4, 0.5) is 5.82 Å². The molecule has 88 valence electrons. The number of ether oxygens (including phenoxy) is 1. The average molecular weight is 293 g/mol. The molecule has 0 unspecified atom stereocenters. The standard InChI is InChI=1S/C13H13BrN2O/c14-12-7-4-8-15-13(12)16-9-10-17-11-5-2-1-3-6-11/h1-8H,9-10H2,(H,15,16). The molecule has 1 aromatic heterocycles. The number of hydrogen-bond donors (Lipinski definition) is 1. The molecule has 0 radical (unpaired) electrons. The van der Waals surface area contributed by atoms with Crippen LogP contribution < -0.4 is 10.1 Å². The number of hydrogen-bond acceptors (Lipinski definition) is 3. The molecule has 4 heteroatoms. The number of aromatic nitrogens is 1. The van der Waals surface area contributed by atoms with Gasteiger partial charge >= 0.3 is 0 Å². The lowest BCUT2D eigenvalue weighted by atomic mass is 10.3. The van der Waals surface area contributed by atoms with E-state index in [1.165, 1.54) is 0 Å². The Morgan fingerprint density at radius 3 is 2.71 bits per heavy atom. The maximum absolute atomic E-state index is 5.56. The smallest absolute Gasteiger partial charge is 0.140 e. The summed E-state index contributed by atoms with van der Waals surface area (Å²) in [6.07, 6.45) is 1.76. The molecule has 2 rings (SSSR count). The van der Waals surface area contributed by atoms with Crippen LogP contribution in [0.2, 0.25) is 0 Å². The predicted molar refractivity (Wildman–Crippen MR) is 72.4 cm³/mol. The SMILES string of the molecule is Brc1cccnc1NCCOc1ccccc1. The first kappa shape index (κ1) is 11.9. The van der Waals surface area contributed by atoms with Gasteiger partial charge in [-0.15, -0.1) is 0 Å². The molecule has 0 atom stereocenters. The summed E-state index contributed by atoms with van der Waals surface area (Å²) >= 11 is 3.43. The van der Waals surface area contributed by atoms with E-state index >= 15 is 0 Å². The zero-order chi connectivity index (χ0) is 11.9. The van der Waals surface area contributed by atoms with Crippen LogP contribution >= 0.6 is 15.9 Å². The number of pyridine rings is 1. The Balaban J connectivity index is 1.76. The summed E-state index contributed by atoms with van der Waals surface area (Å²) in [5, 5.41) is 3.20. The second-order valence-corrected chi connectivity index (χ2v) is 4.28. The van der Waals surface area contributed by atoms with Gasteiger partial charge in [-0.25, -0.2) is 4.98 Å². The molecule has 17 heavy (non-hydrogen) atoms. The quantitative estimate of drug-likeness (QED) is 0.859. The van der Waals surface area contributed by atoms with E-state index < -0.39 is 0 Å². The van der Waals surface area contributed by atoms with E-state index in [0.29, 0.717) is 13.2 Å². The topological polar surface area (TPSA) is 34.2 Å². The van der Waals surface area contributed by atoms with Gasteiger partial charge in [0.15, 0.2) is 0 Å². The zero-order valence-electron chi connectivity index (χ0n) is 9.27. The molecular weight excluding hydrogens is 280 g/mol. The van der Waals surface area contributed by atoms with Crippen molar-refractivity contribution < 1.29 is 4.74 Å². The molecule has 0 spiro atoms. The van der Waals surface area contributed by atoms with Crippen LogP contribution in [0.1, 0.15) is 0 Å². The highest BCUT2D eigenvalue weighted by molar-refractivity contribution is 9.10. The normalized spacial score (nSPS) is 9.94. The third-order valence-corrected chi connectivity index (χ3v) is 2.80. The molecule has 0 aliphatic rings. The van der Waals surface area contributed by atoms with Crippen LogP contribution in [0.25, 0.3) is 0 Å². The van der Waals surface area contributed by atoms with Crippen molar-refractivity contribution in [2.45, 2.75) is 0 Å². The lowest BCUT2D eigenvalue weighted by Gasteiger charge is -2.08. The minimum atomic E-state index is 0.604. The minimum Gasteiger partial charge on any atom is -0.492 e. The van der Waals surface area contributed by atoms with E-state index in [4.69, 9.17) is 4.74 Å². The second-order valence-electron chi connectivity index (χ2n) is 3.42. The summed E-state index contributed by atoms with van der Waals surface area (Å²) in [6.45, 7) is 1.32. The molecule has 1 N–H and O–H groups in total. The molecule has 1 aromatic carbocycles. The molecule has 0 amide bonds. The lowest BCUT2D eigenvalue weighted by Crippen LogP contribution is -2.12. The lowest BCUT2D eigenvalue weighted by molar-refractivity contribution is 0.332.